The van der Waals surface area contributed by atoms with Crippen molar-refractivity contribution in [2.45, 2.75) is 45.6 Å². The molecule has 2 amide bonds. The van der Waals surface area contributed by atoms with E-state index in [2.05, 4.69) is 10.6 Å². The minimum Gasteiger partial charge on any atom is -0.481 e. The fraction of sp³-hybridized carbons (Fsp3) is 0.818. The van der Waals surface area contributed by atoms with Crippen LogP contribution >= 0.6 is 0 Å². The first-order valence-electron chi connectivity index (χ1n) is 5.78. The zero-order chi connectivity index (χ0) is 12.2. The molecule has 5 heteroatoms. The van der Waals surface area contributed by atoms with Crippen molar-refractivity contribution in [3.63, 3.8) is 0 Å². The summed E-state index contributed by atoms with van der Waals surface area (Å²) in [7, 11) is 0. The van der Waals surface area contributed by atoms with E-state index >= 15 is 0 Å². The summed E-state index contributed by atoms with van der Waals surface area (Å²) in [4.78, 5) is 22.4. The molecule has 0 bridgehead atoms. The summed E-state index contributed by atoms with van der Waals surface area (Å²) >= 11 is 0. The summed E-state index contributed by atoms with van der Waals surface area (Å²) in [5.74, 6) is -0.803. The Morgan fingerprint density at radius 1 is 1.44 bits per heavy atom. The van der Waals surface area contributed by atoms with Crippen LogP contribution in [0, 0.1) is 5.41 Å². The zero-order valence-corrected chi connectivity index (χ0v) is 9.88. The first kappa shape index (κ1) is 12.8. The molecule has 0 saturated heterocycles. The average Bonchev–Trinajstić information content (AvgIpc) is 2.15. The summed E-state index contributed by atoms with van der Waals surface area (Å²) < 4.78 is 0. The van der Waals surface area contributed by atoms with Crippen molar-refractivity contribution in [3.8, 4) is 0 Å². The zero-order valence-electron chi connectivity index (χ0n) is 9.88. The lowest BCUT2D eigenvalue weighted by molar-refractivity contribution is -0.153. The van der Waals surface area contributed by atoms with Gasteiger partial charge in [0.15, 0.2) is 0 Å². The Morgan fingerprint density at radius 3 is 2.44 bits per heavy atom. The van der Waals surface area contributed by atoms with Crippen LogP contribution in [0.5, 0.6) is 0 Å². The molecule has 0 aromatic heterocycles. The number of carbonyl (C=O) groups is 2. The number of carboxylic acids is 1. The normalized spacial score (nSPS) is 19.4. The number of urea groups is 1. The van der Waals surface area contributed by atoms with Gasteiger partial charge in [0.2, 0.25) is 0 Å². The number of aliphatic carboxylic acids is 1. The lowest BCUT2D eigenvalue weighted by Crippen LogP contribution is -2.50. The summed E-state index contributed by atoms with van der Waals surface area (Å²) in [6.07, 6.45) is 3.11. The lowest BCUT2D eigenvalue weighted by Gasteiger charge is -2.37. The van der Waals surface area contributed by atoms with E-state index in [1.54, 1.807) is 0 Å². The van der Waals surface area contributed by atoms with Crippen molar-refractivity contribution >= 4 is 12.0 Å². The summed E-state index contributed by atoms with van der Waals surface area (Å²) in [6, 6.07) is -0.163. The molecular formula is C11H20N2O3. The topological polar surface area (TPSA) is 78.4 Å². The molecule has 3 N–H and O–H groups in total. The van der Waals surface area contributed by atoms with Gasteiger partial charge in [0.25, 0.3) is 0 Å². The van der Waals surface area contributed by atoms with Crippen molar-refractivity contribution in [2.24, 2.45) is 5.41 Å². The Balaban J connectivity index is 2.33. The van der Waals surface area contributed by atoms with E-state index < -0.39 is 11.4 Å². The van der Waals surface area contributed by atoms with Crippen molar-refractivity contribution in [1.82, 2.24) is 10.6 Å². The number of carbonyl (C=O) groups excluding carboxylic acids is 1. The molecule has 1 fully saturated rings. The van der Waals surface area contributed by atoms with Gasteiger partial charge in [-0.1, -0.05) is 13.3 Å². The summed E-state index contributed by atoms with van der Waals surface area (Å²) in [5, 5.41) is 14.4. The number of hydrogen-bond acceptors (Lipinski definition) is 2. The van der Waals surface area contributed by atoms with Gasteiger partial charge in [-0.3, -0.25) is 4.79 Å². The van der Waals surface area contributed by atoms with E-state index in [4.69, 9.17) is 5.11 Å². The number of nitrogens with one attached hydrogen (secondary N) is 2. The van der Waals surface area contributed by atoms with Crippen molar-refractivity contribution in [1.29, 1.82) is 0 Å². The van der Waals surface area contributed by atoms with Gasteiger partial charge in [0.05, 0.1) is 5.41 Å². The van der Waals surface area contributed by atoms with Crippen LogP contribution in [-0.2, 0) is 4.79 Å². The molecule has 1 aliphatic carbocycles. The molecular weight excluding hydrogens is 208 g/mol. The fourth-order valence-electron chi connectivity index (χ4n) is 1.70. The molecule has 92 valence electrons. The van der Waals surface area contributed by atoms with Crippen LogP contribution < -0.4 is 10.6 Å². The van der Waals surface area contributed by atoms with Crippen LogP contribution in [0.2, 0.25) is 0 Å². The number of carboxylic acid groups (broad SMARTS) is 1. The summed E-state index contributed by atoms with van der Waals surface area (Å²) in [5.41, 5.74) is -0.715. The van der Waals surface area contributed by atoms with E-state index in [1.807, 2.05) is 13.8 Å². The minimum absolute atomic E-state index is 0.113. The monoisotopic (exact) mass is 228 g/mol. The van der Waals surface area contributed by atoms with Crippen molar-refractivity contribution < 1.29 is 14.7 Å². The Morgan fingerprint density at radius 2 is 2.06 bits per heavy atom. The van der Waals surface area contributed by atoms with Gasteiger partial charge < -0.3 is 15.7 Å². The maximum atomic E-state index is 11.4. The Bertz CT molecular complexity index is 274. The number of hydrogen-bond donors (Lipinski definition) is 3. The molecule has 0 aliphatic heterocycles. The van der Waals surface area contributed by atoms with Gasteiger partial charge in [-0.25, -0.2) is 4.79 Å². The highest BCUT2D eigenvalue weighted by Gasteiger charge is 2.44. The third kappa shape index (κ3) is 2.87. The van der Waals surface area contributed by atoms with Crippen molar-refractivity contribution in [2.75, 3.05) is 6.54 Å². The van der Waals surface area contributed by atoms with E-state index in [0.717, 1.165) is 12.8 Å². The van der Waals surface area contributed by atoms with E-state index in [-0.39, 0.29) is 18.6 Å². The van der Waals surface area contributed by atoms with E-state index in [9.17, 15) is 9.59 Å². The molecule has 16 heavy (non-hydrogen) atoms. The Hall–Kier alpha value is -1.26. The standard InChI is InChI=1S/C11H20N2O3/c1-3-8(2)13-10(16)12-7-11(9(14)15)5-4-6-11/h8H,3-7H2,1-2H3,(H,14,15)(H2,12,13,16). The molecule has 0 heterocycles. The predicted octanol–water partition coefficient (Wildman–Crippen LogP) is 1.34. The average molecular weight is 228 g/mol. The SMILES string of the molecule is CCC(C)NC(=O)NCC1(C(=O)O)CCC1. The van der Waals surface area contributed by atoms with E-state index in [0.29, 0.717) is 12.8 Å². The first-order chi connectivity index (χ1) is 7.50. The molecule has 5 nitrogen and oxygen atoms in total. The van der Waals surface area contributed by atoms with Crippen LogP contribution in [0.25, 0.3) is 0 Å². The first-order valence-corrected chi connectivity index (χ1v) is 5.78. The summed E-state index contributed by atoms with van der Waals surface area (Å²) in [6.45, 7) is 4.12. The predicted molar refractivity (Wildman–Crippen MR) is 60.2 cm³/mol. The van der Waals surface area contributed by atoms with Crippen LogP contribution in [0.4, 0.5) is 4.79 Å². The third-order valence-electron chi connectivity index (χ3n) is 3.34. The molecule has 0 aromatic rings. The molecule has 1 rings (SSSR count). The number of rotatable bonds is 5. The van der Waals surface area contributed by atoms with Gasteiger partial charge in [-0.2, -0.15) is 0 Å². The lowest BCUT2D eigenvalue weighted by atomic mass is 9.69. The van der Waals surface area contributed by atoms with Gasteiger partial charge in [0, 0.05) is 12.6 Å². The molecule has 1 saturated carbocycles. The van der Waals surface area contributed by atoms with E-state index in [1.165, 1.54) is 0 Å². The maximum absolute atomic E-state index is 11.4. The van der Waals surface area contributed by atoms with Crippen LogP contribution in [0.15, 0.2) is 0 Å². The smallest absolute Gasteiger partial charge is 0.315 e. The molecule has 1 aliphatic rings. The highest BCUT2D eigenvalue weighted by Crippen LogP contribution is 2.40. The molecule has 0 spiro atoms. The van der Waals surface area contributed by atoms with Crippen LogP contribution in [0.3, 0.4) is 0 Å². The Labute approximate surface area is 95.6 Å². The van der Waals surface area contributed by atoms with Crippen LogP contribution in [-0.4, -0.2) is 29.7 Å². The van der Waals surface area contributed by atoms with Gasteiger partial charge in [0.1, 0.15) is 0 Å². The quantitative estimate of drug-likeness (QED) is 0.664. The second-order valence-corrected chi connectivity index (χ2v) is 4.58. The molecule has 1 unspecified atom stereocenters. The molecule has 1 atom stereocenters. The second kappa shape index (κ2) is 5.18. The van der Waals surface area contributed by atoms with Gasteiger partial charge in [-0.05, 0) is 26.2 Å². The third-order valence-corrected chi connectivity index (χ3v) is 3.34. The van der Waals surface area contributed by atoms with Gasteiger partial charge >= 0.3 is 12.0 Å². The highest BCUT2D eigenvalue weighted by atomic mass is 16.4. The highest BCUT2D eigenvalue weighted by molar-refractivity contribution is 5.78. The Kier molecular flexibility index (Phi) is 4.15. The number of amides is 2. The maximum Gasteiger partial charge on any atom is 0.315 e. The molecule has 0 aromatic carbocycles. The largest absolute Gasteiger partial charge is 0.481 e. The minimum atomic E-state index is -0.803. The van der Waals surface area contributed by atoms with Gasteiger partial charge in [-0.15, -0.1) is 0 Å². The van der Waals surface area contributed by atoms with Crippen LogP contribution in [0.1, 0.15) is 39.5 Å². The second-order valence-electron chi connectivity index (χ2n) is 4.58. The van der Waals surface area contributed by atoms with Crippen molar-refractivity contribution in [3.05, 3.63) is 0 Å². The molecule has 0 radical (unpaired) electrons. The fourth-order valence-corrected chi connectivity index (χ4v) is 1.70.